The highest BCUT2D eigenvalue weighted by Crippen LogP contribution is 2.38. The minimum Gasteiger partial charge on any atom is -0.494 e. The Labute approximate surface area is 198 Å². The van der Waals surface area contributed by atoms with Gasteiger partial charge in [-0.1, -0.05) is 6.07 Å². The molecular formula is C20H20FN7O4S2. The molecule has 1 aromatic carbocycles. The minimum atomic E-state index is -3.92. The minimum absolute atomic E-state index is 0.0275. The fourth-order valence-corrected chi connectivity index (χ4v) is 4.83. The number of para-hydroxylation sites is 1. The molecule has 0 fully saturated rings. The third-order valence-electron chi connectivity index (χ3n) is 4.61. The second kappa shape index (κ2) is 9.69. The second-order valence-corrected chi connectivity index (χ2v) is 9.68. The Balaban J connectivity index is 1.75. The number of hydrogen-bond donors (Lipinski definition) is 1. The summed E-state index contributed by atoms with van der Waals surface area (Å²) in [7, 11) is -0.945. The highest BCUT2D eigenvalue weighted by Gasteiger charge is 2.26. The van der Waals surface area contributed by atoms with Gasteiger partial charge in [-0.3, -0.25) is 9.29 Å². The summed E-state index contributed by atoms with van der Waals surface area (Å²) in [4.78, 5) is 12.0. The number of ether oxygens (including phenoxy) is 2. The number of nitrogens with one attached hydrogen (secondary N) is 1. The maximum absolute atomic E-state index is 13.0. The molecule has 0 aliphatic rings. The molecule has 0 aliphatic carbocycles. The van der Waals surface area contributed by atoms with E-state index in [-0.39, 0.29) is 23.9 Å². The summed E-state index contributed by atoms with van der Waals surface area (Å²) in [5.74, 6) is 0.279. The van der Waals surface area contributed by atoms with Crippen LogP contribution < -0.4 is 14.2 Å². The molecule has 3 aromatic heterocycles. The topological polar surface area (TPSA) is 134 Å². The predicted octanol–water partition coefficient (Wildman–Crippen LogP) is 2.63. The van der Waals surface area contributed by atoms with Crippen LogP contribution >= 0.6 is 11.3 Å². The van der Waals surface area contributed by atoms with Crippen LogP contribution in [0.3, 0.4) is 0 Å². The van der Waals surface area contributed by atoms with Gasteiger partial charge >= 0.3 is 0 Å². The molecule has 1 N–H and O–H groups in total. The number of anilines is 1. The first-order valence-electron chi connectivity index (χ1n) is 9.87. The van der Waals surface area contributed by atoms with Gasteiger partial charge in [-0.05, 0) is 19.1 Å². The summed E-state index contributed by atoms with van der Waals surface area (Å²) in [6.45, 7) is 1.84. The van der Waals surface area contributed by atoms with Crippen molar-refractivity contribution in [3.63, 3.8) is 0 Å². The normalized spacial score (nSPS) is 11.4. The Hall–Kier alpha value is -3.65. The zero-order valence-electron chi connectivity index (χ0n) is 18.4. The molecular weight excluding hydrogens is 485 g/mol. The van der Waals surface area contributed by atoms with Crippen molar-refractivity contribution in [2.75, 3.05) is 24.7 Å². The van der Waals surface area contributed by atoms with Crippen LogP contribution in [0.1, 0.15) is 11.5 Å². The summed E-state index contributed by atoms with van der Waals surface area (Å²) >= 11 is 1.34. The molecule has 178 valence electrons. The van der Waals surface area contributed by atoms with Crippen molar-refractivity contribution in [2.45, 2.75) is 13.3 Å². The second-order valence-electron chi connectivity index (χ2n) is 6.98. The molecule has 0 unspecified atom stereocenters. The van der Waals surface area contributed by atoms with E-state index >= 15 is 0 Å². The molecule has 0 radical (unpaired) electrons. The lowest BCUT2D eigenvalue weighted by atomic mass is 10.2. The highest BCUT2D eigenvalue weighted by atomic mass is 32.2. The molecule has 0 bridgehead atoms. The number of sulfonamides is 1. The van der Waals surface area contributed by atoms with Crippen LogP contribution in [-0.2, 0) is 16.4 Å². The molecule has 14 heteroatoms. The van der Waals surface area contributed by atoms with Crippen LogP contribution in [0.5, 0.6) is 11.5 Å². The third kappa shape index (κ3) is 4.97. The van der Waals surface area contributed by atoms with E-state index in [0.717, 1.165) is 18.1 Å². The maximum atomic E-state index is 13.0. The Morgan fingerprint density at radius 3 is 2.38 bits per heavy atom. The quantitative estimate of drug-likeness (QED) is 0.364. The predicted molar refractivity (Wildman–Crippen MR) is 123 cm³/mol. The van der Waals surface area contributed by atoms with Crippen molar-refractivity contribution in [2.24, 2.45) is 0 Å². The van der Waals surface area contributed by atoms with Gasteiger partial charge in [-0.15, -0.1) is 21.5 Å². The summed E-state index contributed by atoms with van der Waals surface area (Å²) in [5.41, 5.74) is 1.18. The highest BCUT2D eigenvalue weighted by molar-refractivity contribution is 7.92. The number of thiazole rings is 1. The first-order valence-corrected chi connectivity index (χ1v) is 12.4. The number of nitrogens with zero attached hydrogens (tertiary/aromatic N) is 6. The molecule has 11 nitrogen and oxygen atoms in total. The van der Waals surface area contributed by atoms with E-state index in [1.807, 2.05) is 12.3 Å². The van der Waals surface area contributed by atoms with Crippen molar-refractivity contribution < 1.29 is 22.3 Å². The van der Waals surface area contributed by atoms with E-state index in [9.17, 15) is 12.8 Å². The van der Waals surface area contributed by atoms with E-state index in [1.54, 1.807) is 18.2 Å². The van der Waals surface area contributed by atoms with Gasteiger partial charge in [-0.2, -0.15) is 0 Å². The maximum Gasteiger partial charge on any atom is 0.243 e. The Bertz CT molecular complexity index is 1380. The van der Waals surface area contributed by atoms with Crippen LogP contribution in [0.25, 0.3) is 16.5 Å². The number of aryl methyl sites for hydroxylation is 2. The molecule has 0 spiro atoms. The summed E-state index contributed by atoms with van der Waals surface area (Å²) in [5, 5.41) is 10.7. The van der Waals surface area contributed by atoms with E-state index in [0.29, 0.717) is 28.0 Å². The van der Waals surface area contributed by atoms with Gasteiger partial charge < -0.3 is 9.47 Å². The van der Waals surface area contributed by atoms with E-state index in [1.165, 1.54) is 30.1 Å². The SMILES string of the molecule is COc1cccc(OC)c1-n1c(NS(=O)(=O)CCc2ncc(F)cn2)nnc1-c1nc(C)cs1. The molecule has 0 amide bonds. The van der Waals surface area contributed by atoms with Gasteiger partial charge in [0.15, 0.2) is 16.6 Å². The van der Waals surface area contributed by atoms with Crippen LogP contribution in [0.15, 0.2) is 36.0 Å². The summed E-state index contributed by atoms with van der Waals surface area (Å²) < 4.78 is 53.8. The molecule has 4 rings (SSSR count). The lowest BCUT2D eigenvalue weighted by Crippen LogP contribution is -2.21. The first-order chi connectivity index (χ1) is 16.3. The van der Waals surface area contributed by atoms with Gasteiger partial charge in [0.2, 0.25) is 16.0 Å². The molecule has 0 aliphatic heterocycles. The molecule has 0 atom stereocenters. The van der Waals surface area contributed by atoms with Crippen LogP contribution in [0, 0.1) is 12.7 Å². The van der Waals surface area contributed by atoms with Crippen molar-refractivity contribution in [3.8, 4) is 28.0 Å². The summed E-state index contributed by atoms with van der Waals surface area (Å²) in [6.07, 6.45) is 1.94. The number of aromatic nitrogens is 6. The van der Waals surface area contributed by atoms with Gasteiger partial charge in [0, 0.05) is 17.5 Å². The van der Waals surface area contributed by atoms with E-state index in [4.69, 9.17) is 9.47 Å². The van der Waals surface area contributed by atoms with E-state index in [2.05, 4.69) is 29.9 Å². The van der Waals surface area contributed by atoms with Gasteiger partial charge in [0.1, 0.15) is 23.0 Å². The average molecular weight is 506 g/mol. The average Bonchev–Trinajstić information content (AvgIpc) is 3.43. The Morgan fingerprint density at radius 2 is 1.79 bits per heavy atom. The van der Waals surface area contributed by atoms with Gasteiger partial charge in [-0.25, -0.2) is 27.8 Å². The Kier molecular flexibility index (Phi) is 6.70. The van der Waals surface area contributed by atoms with Crippen molar-refractivity contribution in [3.05, 3.63) is 53.3 Å². The fraction of sp³-hybridized carbons (Fsp3) is 0.250. The smallest absolute Gasteiger partial charge is 0.243 e. The van der Waals surface area contributed by atoms with Crippen molar-refractivity contribution in [1.82, 2.24) is 29.7 Å². The van der Waals surface area contributed by atoms with Gasteiger partial charge in [0.25, 0.3) is 0 Å². The number of rotatable bonds is 9. The standard InChI is InChI=1S/C20H20FN7O4S2/c1-12-11-33-19(24-12)18-25-26-20(28(18)17-14(31-2)5-4-6-15(17)32-3)27-34(29,30)8-7-16-22-9-13(21)10-23-16/h4-6,9-11H,7-8H2,1-3H3,(H,26,27). The van der Waals surface area contributed by atoms with E-state index < -0.39 is 15.8 Å². The lowest BCUT2D eigenvalue weighted by molar-refractivity contribution is 0.391. The number of hydrogen-bond acceptors (Lipinski definition) is 10. The molecule has 3 heterocycles. The van der Waals surface area contributed by atoms with Crippen LogP contribution in [-0.4, -0.2) is 58.1 Å². The van der Waals surface area contributed by atoms with Gasteiger partial charge in [0.05, 0.1) is 32.4 Å². The largest absolute Gasteiger partial charge is 0.494 e. The number of methoxy groups -OCH3 is 2. The Morgan fingerprint density at radius 1 is 1.12 bits per heavy atom. The fourth-order valence-electron chi connectivity index (χ4n) is 3.09. The van der Waals surface area contributed by atoms with Crippen molar-refractivity contribution in [1.29, 1.82) is 0 Å². The summed E-state index contributed by atoms with van der Waals surface area (Å²) in [6, 6.07) is 5.16. The van der Waals surface area contributed by atoms with Crippen LogP contribution in [0.4, 0.5) is 10.3 Å². The molecule has 0 saturated heterocycles. The first kappa shape index (κ1) is 23.5. The number of benzene rings is 1. The zero-order valence-corrected chi connectivity index (χ0v) is 20.0. The molecule has 0 saturated carbocycles. The van der Waals surface area contributed by atoms with Crippen molar-refractivity contribution >= 4 is 27.3 Å². The lowest BCUT2D eigenvalue weighted by Gasteiger charge is -2.17. The zero-order chi connectivity index (χ0) is 24.3. The number of halogens is 1. The molecule has 4 aromatic rings. The van der Waals surface area contributed by atoms with Crippen LogP contribution in [0.2, 0.25) is 0 Å². The molecule has 34 heavy (non-hydrogen) atoms. The third-order valence-corrected chi connectivity index (χ3v) is 6.81. The monoisotopic (exact) mass is 505 g/mol.